The van der Waals surface area contributed by atoms with Crippen LogP contribution in [0.4, 0.5) is 0 Å². The van der Waals surface area contributed by atoms with Crippen molar-refractivity contribution in [3.05, 3.63) is 53.6 Å². The number of rotatable bonds is 8. The van der Waals surface area contributed by atoms with Crippen molar-refractivity contribution in [2.45, 2.75) is 31.4 Å². The van der Waals surface area contributed by atoms with Crippen molar-refractivity contribution in [3.8, 4) is 11.5 Å². The van der Waals surface area contributed by atoms with E-state index < -0.39 is 16.0 Å². The van der Waals surface area contributed by atoms with Gasteiger partial charge in [-0.05, 0) is 50.2 Å². The van der Waals surface area contributed by atoms with Crippen LogP contribution in [-0.2, 0) is 21.4 Å². The molecule has 0 spiro atoms. The van der Waals surface area contributed by atoms with Crippen LogP contribution < -0.4 is 9.47 Å². The zero-order valence-electron chi connectivity index (χ0n) is 16.6. The van der Waals surface area contributed by atoms with Crippen molar-refractivity contribution >= 4 is 16.0 Å². The van der Waals surface area contributed by atoms with Gasteiger partial charge in [-0.2, -0.15) is 4.31 Å². The molecule has 0 N–H and O–H groups in total. The van der Waals surface area contributed by atoms with Crippen molar-refractivity contribution in [1.82, 2.24) is 4.31 Å². The maximum Gasteiger partial charge on any atom is 0.338 e. The number of carbonyl (C=O) groups is 1. The van der Waals surface area contributed by atoms with Crippen molar-refractivity contribution in [2.24, 2.45) is 0 Å². The summed E-state index contributed by atoms with van der Waals surface area (Å²) in [6.07, 6.45) is 0. The van der Waals surface area contributed by atoms with Gasteiger partial charge in [0, 0.05) is 18.7 Å². The summed E-state index contributed by atoms with van der Waals surface area (Å²) in [5, 5.41) is 0. The van der Waals surface area contributed by atoms with Gasteiger partial charge in [0.2, 0.25) is 10.0 Å². The lowest BCUT2D eigenvalue weighted by Crippen LogP contribution is -2.33. The molecule has 0 aliphatic rings. The molecule has 0 aliphatic carbocycles. The molecule has 0 saturated carbocycles. The summed E-state index contributed by atoms with van der Waals surface area (Å²) >= 11 is 0. The molecule has 0 unspecified atom stereocenters. The van der Waals surface area contributed by atoms with E-state index in [9.17, 15) is 13.2 Å². The van der Waals surface area contributed by atoms with Gasteiger partial charge in [-0.1, -0.05) is 6.07 Å². The number of sulfonamides is 1. The maximum absolute atomic E-state index is 12.6. The molecule has 28 heavy (non-hydrogen) atoms. The lowest BCUT2D eigenvalue weighted by molar-refractivity contribution is 0.0469. The number of esters is 1. The van der Waals surface area contributed by atoms with Crippen LogP contribution in [0, 0.1) is 0 Å². The summed E-state index contributed by atoms with van der Waals surface area (Å²) in [6, 6.07) is 10.8. The highest BCUT2D eigenvalue weighted by molar-refractivity contribution is 7.89. The highest BCUT2D eigenvalue weighted by Crippen LogP contribution is 2.25. The maximum atomic E-state index is 12.6. The average Bonchev–Trinajstić information content (AvgIpc) is 2.70. The van der Waals surface area contributed by atoms with Crippen LogP contribution in [0.15, 0.2) is 47.4 Å². The largest absolute Gasteiger partial charge is 0.497 e. The topological polar surface area (TPSA) is 82.1 Å². The number of benzene rings is 2. The van der Waals surface area contributed by atoms with Gasteiger partial charge in [0.15, 0.2) is 0 Å². The zero-order chi connectivity index (χ0) is 20.9. The number of carbonyl (C=O) groups excluding carboxylic acids is 1. The lowest BCUT2D eigenvalue weighted by Gasteiger charge is -2.21. The van der Waals surface area contributed by atoms with Crippen molar-refractivity contribution < 1.29 is 27.4 Å². The molecular formula is C20H25NO6S. The molecule has 8 heteroatoms. The molecule has 2 aromatic carbocycles. The molecule has 152 valence electrons. The predicted octanol–water partition coefficient (Wildman–Crippen LogP) is 3.09. The van der Waals surface area contributed by atoms with E-state index in [1.54, 1.807) is 32.0 Å². The van der Waals surface area contributed by atoms with Crippen LogP contribution in [0.5, 0.6) is 11.5 Å². The lowest BCUT2D eigenvalue weighted by atomic mass is 10.2. The summed E-state index contributed by atoms with van der Waals surface area (Å²) in [5.41, 5.74) is 0.790. The van der Waals surface area contributed by atoms with Gasteiger partial charge in [-0.3, -0.25) is 0 Å². The molecule has 0 saturated heterocycles. The SMILES string of the molecule is COc1ccc(OC)c(COC(=O)c2cccc(S(=O)(=O)N(C)C(C)C)c2)c1. The molecule has 2 aromatic rings. The van der Waals surface area contributed by atoms with Crippen LogP contribution in [0.25, 0.3) is 0 Å². The van der Waals surface area contributed by atoms with Gasteiger partial charge in [-0.15, -0.1) is 0 Å². The zero-order valence-corrected chi connectivity index (χ0v) is 17.4. The molecule has 0 radical (unpaired) electrons. The third-order valence-electron chi connectivity index (χ3n) is 4.32. The molecule has 0 fully saturated rings. The molecule has 0 amide bonds. The molecule has 0 atom stereocenters. The first-order valence-corrected chi connectivity index (χ1v) is 10.1. The summed E-state index contributed by atoms with van der Waals surface area (Å²) in [5.74, 6) is 0.536. The minimum atomic E-state index is -3.69. The fourth-order valence-electron chi connectivity index (χ4n) is 2.45. The number of nitrogens with zero attached hydrogens (tertiary/aromatic N) is 1. The van der Waals surface area contributed by atoms with Gasteiger partial charge < -0.3 is 14.2 Å². The molecular weight excluding hydrogens is 382 g/mol. The number of ether oxygens (including phenoxy) is 3. The van der Waals surface area contributed by atoms with Crippen LogP contribution in [0.1, 0.15) is 29.8 Å². The Balaban J connectivity index is 2.20. The van der Waals surface area contributed by atoms with Crippen LogP contribution >= 0.6 is 0 Å². The third-order valence-corrected chi connectivity index (χ3v) is 6.35. The molecule has 2 rings (SSSR count). The fraction of sp³-hybridized carbons (Fsp3) is 0.350. The van der Waals surface area contributed by atoms with E-state index in [2.05, 4.69) is 0 Å². The molecule has 0 heterocycles. The molecule has 0 aromatic heterocycles. The summed E-state index contributed by atoms with van der Waals surface area (Å²) in [7, 11) is 0.868. The Labute approximate surface area is 165 Å². The third kappa shape index (κ3) is 4.82. The average molecular weight is 407 g/mol. The Bertz CT molecular complexity index is 939. The van der Waals surface area contributed by atoms with Crippen LogP contribution in [0.2, 0.25) is 0 Å². The summed E-state index contributed by atoms with van der Waals surface area (Å²) < 4.78 is 42.3. The van der Waals surface area contributed by atoms with Crippen molar-refractivity contribution in [2.75, 3.05) is 21.3 Å². The summed E-state index contributed by atoms with van der Waals surface area (Å²) in [4.78, 5) is 12.5. The number of methoxy groups -OCH3 is 2. The van der Waals surface area contributed by atoms with Crippen LogP contribution in [0.3, 0.4) is 0 Å². The highest BCUT2D eigenvalue weighted by atomic mass is 32.2. The molecule has 7 nitrogen and oxygen atoms in total. The van der Waals surface area contributed by atoms with Gasteiger partial charge in [0.1, 0.15) is 18.1 Å². The normalized spacial score (nSPS) is 11.5. The first-order chi connectivity index (χ1) is 13.2. The minimum absolute atomic E-state index is 0.0390. The fourth-order valence-corrected chi connectivity index (χ4v) is 3.86. The van der Waals surface area contributed by atoms with E-state index in [-0.39, 0.29) is 23.1 Å². The van der Waals surface area contributed by atoms with Gasteiger partial charge >= 0.3 is 5.97 Å². The molecule has 0 bridgehead atoms. The first kappa shape index (κ1) is 21.7. The van der Waals surface area contributed by atoms with Crippen molar-refractivity contribution in [3.63, 3.8) is 0 Å². The number of hydrogen-bond acceptors (Lipinski definition) is 6. The second kappa shape index (κ2) is 9.07. The smallest absolute Gasteiger partial charge is 0.338 e. The Morgan fingerprint density at radius 3 is 2.39 bits per heavy atom. The minimum Gasteiger partial charge on any atom is -0.497 e. The predicted molar refractivity (Wildman–Crippen MR) is 105 cm³/mol. The van der Waals surface area contributed by atoms with E-state index in [1.165, 1.54) is 49.8 Å². The summed E-state index contributed by atoms with van der Waals surface area (Å²) in [6.45, 7) is 3.51. The quantitative estimate of drug-likeness (QED) is 0.626. The second-order valence-electron chi connectivity index (χ2n) is 6.40. The highest BCUT2D eigenvalue weighted by Gasteiger charge is 2.24. The Morgan fingerprint density at radius 2 is 1.79 bits per heavy atom. The monoisotopic (exact) mass is 407 g/mol. The van der Waals surface area contributed by atoms with E-state index in [1.807, 2.05) is 0 Å². The second-order valence-corrected chi connectivity index (χ2v) is 8.39. The number of hydrogen-bond donors (Lipinski definition) is 0. The van der Waals surface area contributed by atoms with Gasteiger partial charge in [-0.25, -0.2) is 13.2 Å². The van der Waals surface area contributed by atoms with E-state index in [0.717, 1.165) is 0 Å². The van der Waals surface area contributed by atoms with E-state index in [0.29, 0.717) is 17.1 Å². The Morgan fingerprint density at radius 1 is 1.07 bits per heavy atom. The Hall–Kier alpha value is -2.58. The van der Waals surface area contributed by atoms with Gasteiger partial charge in [0.05, 0.1) is 24.7 Å². The van der Waals surface area contributed by atoms with E-state index >= 15 is 0 Å². The Kier molecular flexibility index (Phi) is 7.04. The first-order valence-electron chi connectivity index (χ1n) is 8.66. The molecule has 0 aliphatic heterocycles. The van der Waals surface area contributed by atoms with Crippen LogP contribution in [-0.4, -0.2) is 46.0 Å². The van der Waals surface area contributed by atoms with Crippen molar-refractivity contribution in [1.29, 1.82) is 0 Å². The standard InChI is InChI=1S/C20H25NO6S/c1-14(2)21(3)28(23,24)18-8-6-7-15(12-18)20(22)27-13-16-11-17(25-4)9-10-19(16)26-5/h6-12,14H,13H2,1-5H3. The van der Waals surface area contributed by atoms with E-state index in [4.69, 9.17) is 14.2 Å². The van der Waals surface area contributed by atoms with Gasteiger partial charge in [0.25, 0.3) is 0 Å².